The number of hydrogen-bond donors (Lipinski definition) is 3. The van der Waals surface area contributed by atoms with Crippen molar-refractivity contribution in [2.75, 3.05) is 37.0 Å². The minimum absolute atomic E-state index is 0.0248. The molecule has 4 heterocycles. The van der Waals surface area contributed by atoms with Crippen LogP contribution in [0.1, 0.15) is 36.2 Å². The molecule has 10 heteroatoms. The zero-order chi connectivity index (χ0) is 26.8. The Hall–Kier alpha value is -3.31. The average molecular weight is 559 g/mol. The quantitative estimate of drug-likeness (QED) is 0.248. The van der Waals surface area contributed by atoms with Gasteiger partial charge in [0.15, 0.2) is 0 Å². The van der Waals surface area contributed by atoms with Crippen molar-refractivity contribution in [1.29, 1.82) is 0 Å². The van der Waals surface area contributed by atoms with Crippen LogP contribution in [0.4, 0.5) is 11.4 Å². The molecule has 1 fully saturated rings. The number of hydrogen-bond acceptors (Lipinski definition) is 9. The number of nitrogens with zero attached hydrogens (tertiary/aromatic N) is 3. The number of benzene rings is 2. The van der Waals surface area contributed by atoms with Crippen LogP contribution < -0.4 is 21.1 Å². The van der Waals surface area contributed by atoms with E-state index in [0.717, 1.165) is 17.2 Å². The number of fused-ring (bicyclic) bond motifs is 2. The molecular formula is C29H30N6O2S2. The molecule has 200 valence electrons. The summed E-state index contributed by atoms with van der Waals surface area (Å²) in [5, 5.41) is 6.71. The van der Waals surface area contributed by atoms with Crippen LogP contribution in [0.2, 0.25) is 0 Å². The maximum Gasteiger partial charge on any atom is 0.271 e. The van der Waals surface area contributed by atoms with E-state index in [4.69, 9.17) is 4.74 Å². The van der Waals surface area contributed by atoms with Gasteiger partial charge in [-0.25, -0.2) is 9.97 Å². The fraction of sp³-hybridized carbons (Fsp3) is 0.276. The van der Waals surface area contributed by atoms with Crippen LogP contribution in [-0.4, -0.2) is 41.7 Å². The third-order valence-electron chi connectivity index (χ3n) is 6.80. The molecule has 8 nitrogen and oxygen atoms in total. The normalized spacial score (nSPS) is 17.3. The summed E-state index contributed by atoms with van der Waals surface area (Å²) >= 11 is 3.57. The second-order valence-corrected chi connectivity index (χ2v) is 11.7. The smallest absolute Gasteiger partial charge is 0.271 e. The minimum atomic E-state index is -0.108. The predicted octanol–water partition coefficient (Wildman–Crippen LogP) is 5.25. The molecule has 2 aliphatic heterocycles. The second kappa shape index (κ2) is 11.4. The van der Waals surface area contributed by atoms with E-state index in [1.165, 1.54) is 25.1 Å². The first-order valence-corrected chi connectivity index (χ1v) is 14.6. The zero-order valence-corrected chi connectivity index (χ0v) is 23.4. The van der Waals surface area contributed by atoms with Gasteiger partial charge in [-0.1, -0.05) is 35.7 Å². The SMILES string of the molecule is CNCc1ccnc(C(C)Nc2ccc3c(c2)Sc2cccc(C4CN(c5ccc[nH]c5=O)CCO4)c2S3)n1. The number of pyridine rings is 1. The molecule has 0 amide bonds. The zero-order valence-electron chi connectivity index (χ0n) is 21.8. The van der Waals surface area contributed by atoms with Crippen molar-refractivity contribution >= 4 is 34.9 Å². The Morgan fingerprint density at radius 1 is 1.13 bits per heavy atom. The van der Waals surface area contributed by atoms with E-state index in [-0.39, 0.29) is 17.7 Å². The highest BCUT2D eigenvalue weighted by molar-refractivity contribution is 8.05. The van der Waals surface area contributed by atoms with Crippen molar-refractivity contribution < 1.29 is 4.74 Å². The third-order valence-corrected chi connectivity index (χ3v) is 9.41. The van der Waals surface area contributed by atoms with Crippen LogP contribution in [0.25, 0.3) is 0 Å². The average Bonchev–Trinajstić information content (AvgIpc) is 2.96. The van der Waals surface area contributed by atoms with Gasteiger partial charge in [0.1, 0.15) is 17.6 Å². The molecule has 2 aromatic heterocycles. The summed E-state index contributed by atoms with van der Waals surface area (Å²) in [6.07, 6.45) is 3.37. The lowest BCUT2D eigenvalue weighted by atomic mass is 10.1. The molecule has 0 bridgehead atoms. The van der Waals surface area contributed by atoms with Gasteiger partial charge in [0.2, 0.25) is 0 Å². The Balaban J connectivity index is 1.20. The van der Waals surface area contributed by atoms with Crippen molar-refractivity contribution in [3.05, 3.63) is 94.4 Å². The van der Waals surface area contributed by atoms with E-state index < -0.39 is 0 Å². The van der Waals surface area contributed by atoms with Crippen molar-refractivity contribution in [3.63, 3.8) is 0 Å². The number of aromatic amines is 1. The molecule has 3 N–H and O–H groups in total. The fourth-order valence-electron chi connectivity index (χ4n) is 4.90. The highest BCUT2D eigenvalue weighted by atomic mass is 32.2. The first-order valence-electron chi connectivity index (χ1n) is 13.0. The second-order valence-electron chi connectivity index (χ2n) is 9.53. The maximum atomic E-state index is 12.4. The van der Waals surface area contributed by atoms with E-state index in [1.807, 2.05) is 31.4 Å². The predicted molar refractivity (Wildman–Crippen MR) is 156 cm³/mol. The van der Waals surface area contributed by atoms with E-state index in [9.17, 15) is 4.79 Å². The summed E-state index contributed by atoms with van der Waals surface area (Å²) < 4.78 is 6.24. The summed E-state index contributed by atoms with van der Waals surface area (Å²) in [5.41, 5.74) is 3.80. The molecule has 2 aromatic carbocycles. The van der Waals surface area contributed by atoms with Crippen molar-refractivity contribution in [1.82, 2.24) is 20.3 Å². The van der Waals surface area contributed by atoms with Crippen LogP contribution in [0.3, 0.4) is 0 Å². The Labute approximate surface area is 236 Å². The molecule has 0 spiro atoms. The number of nitrogens with one attached hydrogen (secondary N) is 3. The lowest BCUT2D eigenvalue weighted by Gasteiger charge is -2.35. The summed E-state index contributed by atoms with van der Waals surface area (Å²) in [7, 11) is 1.91. The largest absolute Gasteiger partial charge is 0.375 e. The number of aromatic nitrogens is 3. The number of anilines is 2. The molecule has 4 aromatic rings. The van der Waals surface area contributed by atoms with E-state index in [1.54, 1.807) is 29.7 Å². The van der Waals surface area contributed by atoms with Gasteiger partial charge in [0.05, 0.1) is 18.3 Å². The Morgan fingerprint density at radius 3 is 2.92 bits per heavy atom. The van der Waals surface area contributed by atoms with Crippen LogP contribution in [0, 0.1) is 0 Å². The van der Waals surface area contributed by atoms with Gasteiger partial charge in [-0.2, -0.15) is 0 Å². The molecule has 0 radical (unpaired) electrons. The molecule has 2 aliphatic rings. The number of H-pyrrole nitrogens is 1. The maximum absolute atomic E-state index is 12.4. The van der Waals surface area contributed by atoms with Crippen molar-refractivity contribution in [2.24, 2.45) is 0 Å². The first-order chi connectivity index (χ1) is 19.1. The van der Waals surface area contributed by atoms with Crippen LogP contribution >= 0.6 is 23.5 Å². The Kier molecular flexibility index (Phi) is 7.60. The Morgan fingerprint density at radius 2 is 2.05 bits per heavy atom. The van der Waals surface area contributed by atoms with Gasteiger partial charge < -0.3 is 25.3 Å². The van der Waals surface area contributed by atoms with Crippen LogP contribution in [-0.2, 0) is 11.3 Å². The minimum Gasteiger partial charge on any atom is -0.375 e. The molecular weight excluding hydrogens is 528 g/mol. The van der Waals surface area contributed by atoms with E-state index in [2.05, 4.69) is 73.8 Å². The van der Waals surface area contributed by atoms with Gasteiger partial charge >= 0.3 is 0 Å². The summed E-state index contributed by atoms with van der Waals surface area (Å²) in [5.74, 6) is 0.775. The molecule has 0 saturated carbocycles. The van der Waals surface area contributed by atoms with Gasteiger partial charge in [-0.3, -0.25) is 4.79 Å². The standard InChI is InChI=1S/C29H30N6O2S2/c1-18(28-31-12-10-20(34-28)16-30-2)33-19-8-9-24-26(15-19)38-25-7-3-5-21(27(25)39-24)23-17-35(13-14-37-23)22-6-4-11-32-29(22)36/h3-12,15,18,23,30,33H,13-14,16-17H2,1-2H3,(H,32,36). The lowest BCUT2D eigenvalue weighted by Crippen LogP contribution is -2.41. The molecule has 2 unspecified atom stereocenters. The van der Waals surface area contributed by atoms with Crippen molar-refractivity contribution in [3.8, 4) is 0 Å². The molecule has 0 aliphatic carbocycles. The first kappa shape index (κ1) is 25.9. The highest BCUT2D eigenvalue weighted by Crippen LogP contribution is 2.51. The van der Waals surface area contributed by atoms with Crippen molar-refractivity contribution in [2.45, 2.75) is 45.2 Å². The van der Waals surface area contributed by atoms with Gasteiger partial charge in [0.25, 0.3) is 5.56 Å². The number of ether oxygens (including phenoxy) is 1. The third kappa shape index (κ3) is 5.56. The number of rotatable bonds is 7. The summed E-state index contributed by atoms with van der Waals surface area (Å²) in [6.45, 7) is 4.71. The van der Waals surface area contributed by atoms with E-state index >= 15 is 0 Å². The summed E-state index contributed by atoms with van der Waals surface area (Å²) in [6, 6.07) is 18.6. The van der Waals surface area contributed by atoms with Crippen LogP contribution in [0.15, 0.2) is 91.4 Å². The van der Waals surface area contributed by atoms with Gasteiger partial charge in [-0.15, -0.1) is 0 Å². The lowest BCUT2D eigenvalue weighted by molar-refractivity contribution is 0.0378. The molecule has 6 rings (SSSR count). The Bertz CT molecular complexity index is 1540. The topological polar surface area (TPSA) is 95.2 Å². The highest BCUT2D eigenvalue weighted by Gasteiger charge is 2.29. The fourth-order valence-corrected chi connectivity index (χ4v) is 7.35. The summed E-state index contributed by atoms with van der Waals surface area (Å²) in [4.78, 5) is 31.3. The monoisotopic (exact) mass is 558 g/mol. The molecule has 2 atom stereocenters. The molecule has 39 heavy (non-hydrogen) atoms. The molecule has 1 saturated heterocycles. The van der Waals surface area contributed by atoms with Gasteiger partial charge in [0, 0.05) is 57.3 Å². The van der Waals surface area contributed by atoms with Crippen LogP contribution in [0.5, 0.6) is 0 Å². The van der Waals surface area contributed by atoms with Gasteiger partial charge in [-0.05, 0) is 62.0 Å². The number of morpholine rings is 1. The van der Waals surface area contributed by atoms with E-state index in [0.29, 0.717) is 31.9 Å².